The fourth-order valence-electron chi connectivity index (χ4n) is 11.5. The molecule has 85 heavy (non-hydrogen) atoms. The van der Waals surface area contributed by atoms with Crippen LogP contribution in [0, 0.1) is 0 Å². The number of aliphatic hydroxyl groups is 5. The molecular weight excluding hydrogens is 1060 g/mol. The van der Waals surface area contributed by atoms with Crippen LogP contribution in [0.5, 0.6) is 0 Å². The van der Waals surface area contributed by atoms with Crippen LogP contribution in [0.15, 0.2) is 48.6 Å². The largest absolute Gasteiger partial charge is 0.454 e. The lowest BCUT2D eigenvalue weighted by Gasteiger charge is -2.41. The number of carbonyl (C=O) groups excluding carboxylic acids is 2. The first-order valence-corrected chi connectivity index (χ1v) is 36.4. The Labute approximate surface area is 523 Å². The molecule has 1 rings (SSSR count). The number of ether oxygens (including phenoxy) is 3. The van der Waals surface area contributed by atoms with E-state index in [1.807, 2.05) is 6.08 Å². The van der Waals surface area contributed by atoms with E-state index in [0.29, 0.717) is 19.3 Å². The molecule has 0 saturated carbocycles. The predicted octanol–water partition coefficient (Wildman–Crippen LogP) is 18.7. The molecule has 0 spiro atoms. The van der Waals surface area contributed by atoms with Gasteiger partial charge in [-0.15, -0.1) is 0 Å². The Bertz CT molecular complexity index is 1570. The molecule has 0 aromatic heterocycles. The van der Waals surface area contributed by atoms with Gasteiger partial charge in [-0.2, -0.15) is 0 Å². The quantitative estimate of drug-likeness (QED) is 0.0195. The van der Waals surface area contributed by atoms with Gasteiger partial charge in [0.15, 0.2) is 12.4 Å². The number of unbranched alkanes of at least 4 members (excludes halogenated alkanes) is 43. The second-order valence-corrected chi connectivity index (χ2v) is 25.3. The van der Waals surface area contributed by atoms with E-state index in [-0.39, 0.29) is 13.0 Å². The standard InChI is InChI=1S/C74H137NO10/c1-4-7-10-13-16-19-22-25-27-29-30-31-32-33-34-35-36-37-39-40-43-46-49-52-55-58-61-67(78)73(82)75-65(66(77)60-57-54-51-48-45-42-24-21-18-15-12-9-6-3)64-83-74-72(71(81)70(80)68(63-76)84-74)85-69(79)62-59-56-53-50-47-44-41-38-28-26-23-20-17-14-11-8-5-2/h17,20,26,28,41,44,57,60,65-68,70-72,74,76-78,80-81H,4-16,18-19,21-25,27,29-40,42-43,45-56,58-59,61-64H2,1-3H3,(H,75,82)/b20-17-,28-26-,44-41-,60-57+. The minimum absolute atomic E-state index is 0.0992. The van der Waals surface area contributed by atoms with Crippen LogP contribution in [0.2, 0.25) is 0 Å². The van der Waals surface area contributed by atoms with E-state index in [9.17, 15) is 35.1 Å². The Kier molecular flexibility index (Phi) is 58.7. The van der Waals surface area contributed by atoms with Gasteiger partial charge in [-0.1, -0.05) is 326 Å². The van der Waals surface area contributed by atoms with Crippen molar-refractivity contribution in [1.82, 2.24) is 5.32 Å². The number of hydrogen-bond donors (Lipinski definition) is 6. The molecule has 1 aliphatic rings. The molecule has 498 valence electrons. The minimum atomic E-state index is -1.62. The number of nitrogens with one attached hydrogen (secondary N) is 1. The second kappa shape index (κ2) is 61.8. The van der Waals surface area contributed by atoms with Crippen molar-refractivity contribution in [2.45, 2.75) is 397 Å². The fraction of sp³-hybridized carbons (Fsp3) is 0.865. The Morgan fingerprint density at radius 3 is 1.24 bits per heavy atom. The third-order valence-corrected chi connectivity index (χ3v) is 17.2. The zero-order chi connectivity index (χ0) is 61.7. The van der Waals surface area contributed by atoms with Gasteiger partial charge in [0.1, 0.15) is 24.4 Å². The first kappa shape index (κ1) is 80.6. The van der Waals surface area contributed by atoms with Crippen molar-refractivity contribution in [2.75, 3.05) is 13.2 Å². The topological polar surface area (TPSA) is 175 Å². The highest BCUT2D eigenvalue weighted by Crippen LogP contribution is 2.26. The van der Waals surface area contributed by atoms with E-state index in [1.165, 1.54) is 218 Å². The van der Waals surface area contributed by atoms with Crippen LogP contribution in [0.4, 0.5) is 0 Å². The Hall–Kier alpha value is -2.38. The van der Waals surface area contributed by atoms with Crippen molar-refractivity contribution in [3.8, 4) is 0 Å². The molecule has 6 N–H and O–H groups in total. The van der Waals surface area contributed by atoms with Gasteiger partial charge >= 0.3 is 5.97 Å². The van der Waals surface area contributed by atoms with Crippen molar-refractivity contribution in [2.24, 2.45) is 0 Å². The van der Waals surface area contributed by atoms with E-state index < -0.39 is 67.4 Å². The average molecular weight is 1200 g/mol. The monoisotopic (exact) mass is 1200 g/mol. The van der Waals surface area contributed by atoms with Gasteiger partial charge < -0.3 is 45.1 Å². The van der Waals surface area contributed by atoms with E-state index in [0.717, 1.165) is 83.5 Å². The predicted molar refractivity (Wildman–Crippen MR) is 357 cm³/mol. The summed E-state index contributed by atoms with van der Waals surface area (Å²) in [4.78, 5) is 26.7. The molecule has 0 aromatic carbocycles. The maximum absolute atomic E-state index is 13.5. The summed E-state index contributed by atoms with van der Waals surface area (Å²) in [6, 6.07) is -1.03. The summed E-state index contributed by atoms with van der Waals surface area (Å²) in [6.07, 6.45) is 67.3. The van der Waals surface area contributed by atoms with Crippen LogP contribution in [-0.4, -0.2) is 99.6 Å². The smallest absolute Gasteiger partial charge is 0.306 e. The van der Waals surface area contributed by atoms with Gasteiger partial charge in [-0.25, -0.2) is 0 Å². The first-order valence-electron chi connectivity index (χ1n) is 36.4. The molecule has 8 atom stereocenters. The molecule has 0 aliphatic carbocycles. The number of rotatable bonds is 63. The van der Waals surface area contributed by atoms with E-state index in [2.05, 4.69) is 62.5 Å². The summed E-state index contributed by atoms with van der Waals surface area (Å²) in [5.74, 6) is -1.20. The van der Waals surface area contributed by atoms with Crippen molar-refractivity contribution in [1.29, 1.82) is 0 Å². The molecule has 0 radical (unpaired) electrons. The van der Waals surface area contributed by atoms with Crippen molar-refractivity contribution in [3.63, 3.8) is 0 Å². The lowest BCUT2D eigenvalue weighted by atomic mass is 9.99. The molecule has 1 aliphatic heterocycles. The zero-order valence-corrected chi connectivity index (χ0v) is 55.5. The summed E-state index contributed by atoms with van der Waals surface area (Å²) < 4.78 is 17.7. The van der Waals surface area contributed by atoms with Crippen molar-refractivity contribution in [3.05, 3.63) is 48.6 Å². The fourth-order valence-corrected chi connectivity index (χ4v) is 11.5. The molecule has 1 fully saturated rings. The van der Waals surface area contributed by atoms with Crippen LogP contribution >= 0.6 is 0 Å². The summed E-state index contributed by atoms with van der Waals surface area (Å²) in [5.41, 5.74) is 0. The second-order valence-electron chi connectivity index (χ2n) is 25.3. The molecule has 11 heteroatoms. The van der Waals surface area contributed by atoms with Gasteiger partial charge in [0.05, 0.1) is 25.4 Å². The summed E-state index contributed by atoms with van der Waals surface area (Å²) in [7, 11) is 0. The summed E-state index contributed by atoms with van der Waals surface area (Å²) in [6.45, 7) is 5.80. The van der Waals surface area contributed by atoms with E-state index in [1.54, 1.807) is 6.08 Å². The molecule has 1 heterocycles. The lowest BCUT2D eigenvalue weighted by Crippen LogP contribution is -2.61. The third-order valence-electron chi connectivity index (χ3n) is 17.2. The van der Waals surface area contributed by atoms with Gasteiger partial charge in [-0.05, 0) is 64.2 Å². The number of aliphatic hydroxyl groups excluding tert-OH is 5. The Morgan fingerprint density at radius 1 is 0.459 bits per heavy atom. The highest BCUT2D eigenvalue weighted by atomic mass is 16.7. The van der Waals surface area contributed by atoms with E-state index in [4.69, 9.17) is 14.2 Å². The van der Waals surface area contributed by atoms with Crippen LogP contribution in [0.3, 0.4) is 0 Å². The van der Waals surface area contributed by atoms with Crippen molar-refractivity contribution < 1.29 is 49.3 Å². The average Bonchev–Trinajstić information content (AvgIpc) is 3.16. The van der Waals surface area contributed by atoms with Gasteiger partial charge in [-0.3, -0.25) is 9.59 Å². The number of hydrogen-bond acceptors (Lipinski definition) is 10. The molecule has 1 saturated heterocycles. The molecule has 0 bridgehead atoms. The van der Waals surface area contributed by atoms with Crippen LogP contribution in [-0.2, 0) is 23.8 Å². The van der Waals surface area contributed by atoms with Crippen LogP contribution in [0.1, 0.15) is 348 Å². The molecular formula is C74H137NO10. The Balaban J connectivity index is 2.56. The Morgan fingerprint density at radius 2 is 0.812 bits per heavy atom. The summed E-state index contributed by atoms with van der Waals surface area (Å²) in [5, 5.41) is 57.3. The summed E-state index contributed by atoms with van der Waals surface area (Å²) >= 11 is 0. The first-order chi connectivity index (χ1) is 41.7. The highest BCUT2D eigenvalue weighted by molar-refractivity contribution is 5.80. The number of allylic oxidation sites excluding steroid dienone is 7. The maximum atomic E-state index is 13.5. The zero-order valence-electron chi connectivity index (χ0n) is 55.5. The normalized spacial score (nSPS) is 18.6. The minimum Gasteiger partial charge on any atom is -0.454 e. The number of esters is 1. The van der Waals surface area contributed by atoms with Crippen LogP contribution < -0.4 is 5.32 Å². The van der Waals surface area contributed by atoms with Gasteiger partial charge in [0.25, 0.3) is 0 Å². The third kappa shape index (κ3) is 49.1. The van der Waals surface area contributed by atoms with Crippen molar-refractivity contribution >= 4 is 11.9 Å². The SMILES string of the molecule is CCCCC/C=C\C/C=C\C/C=C\CCCCCCC(=O)OC1C(OCC(NC(=O)C(O)CCCCCCCCCCCCCCCCCCCCCCCCCCCC)C(O)/C=C/CCCCCCCCCCCCC)OC(CO)C(O)C1O. The molecule has 11 nitrogen and oxygen atoms in total. The lowest BCUT2D eigenvalue weighted by molar-refractivity contribution is -0.305. The highest BCUT2D eigenvalue weighted by Gasteiger charge is 2.47. The molecule has 8 unspecified atom stereocenters. The number of carbonyl (C=O) groups is 2. The number of amides is 1. The molecule has 0 aromatic rings. The van der Waals surface area contributed by atoms with E-state index >= 15 is 0 Å². The maximum Gasteiger partial charge on any atom is 0.306 e. The van der Waals surface area contributed by atoms with Gasteiger partial charge in [0, 0.05) is 6.42 Å². The molecule has 1 amide bonds. The van der Waals surface area contributed by atoms with Crippen LogP contribution in [0.25, 0.3) is 0 Å². The van der Waals surface area contributed by atoms with Gasteiger partial charge in [0.2, 0.25) is 5.91 Å².